The number of hydrogen-bond acceptors (Lipinski definition) is 4. The van der Waals surface area contributed by atoms with E-state index in [1.54, 1.807) is 13.8 Å². The number of sulfonamides is 1. The predicted octanol–water partition coefficient (Wildman–Crippen LogP) is 1.88. The maximum atomic E-state index is 12.3. The molecule has 120 valence electrons. The van der Waals surface area contributed by atoms with E-state index < -0.39 is 39.7 Å². The van der Waals surface area contributed by atoms with Crippen molar-refractivity contribution in [1.29, 1.82) is 0 Å². The molecule has 0 saturated carbocycles. The van der Waals surface area contributed by atoms with Crippen molar-refractivity contribution in [3.05, 3.63) is 24.3 Å². The van der Waals surface area contributed by atoms with Crippen molar-refractivity contribution in [2.45, 2.75) is 31.1 Å². The van der Waals surface area contributed by atoms with Gasteiger partial charge in [0.2, 0.25) is 10.0 Å². The van der Waals surface area contributed by atoms with Crippen molar-refractivity contribution in [3.63, 3.8) is 0 Å². The zero-order valence-electron chi connectivity index (χ0n) is 11.4. The number of hydrogen-bond donors (Lipinski definition) is 2. The molecule has 2 N–H and O–H groups in total. The van der Waals surface area contributed by atoms with E-state index in [9.17, 15) is 21.6 Å². The maximum Gasteiger partial charge on any atom is 0.573 e. The molecule has 0 aromatic heterocycles. The Balaban J connectivity index is 3.14. The molecule has 0 aliphatic heterocycles. The summed E-state index contributed by atoms with van der Waals surface area (Å²) in [6.45, 7) is 2.86. The second-order valence-electron chi connectivity index (χ2n) is 4.65. The minimum Gasteiger partial charge on any atom is -0.404 e. The number of para-hydroxylation sites is 1. The lowest BCUT2D eigenvalue weighted by Crippen LogP contribution is -2.41. The van der Waals surface area contributed by atoms with Gasteiger partial charge in [-0.25, -0.2) is 13.1 Å². The van der Waals surface area contributed by atoms with E-state index in [1.807, 2.05) is 0 Å². The molecule has 0 aliphatic rings. The Kier molecular flexibility index (Phi) is 5.60. The van der Waals surface area contributed by atoms with Gasteiger partial charge in [0, 0.05) is 6.04 Å². The predicted molar refractivity (Wildman–Crippen MR) is 69.2 cm³/mol. The molecule has 0 radical (unpaired) electrons. The van der Waals surface area contributed by atoms with Crippen LogP contribution in [0.4, 0.5) is 13.2 Å². The molecule has 21 heavy (non-hydrogen) atoms. The Hall–Kier alpha value is -1.32. The lowest BCUT2D eigenvalue weighted by atomic mass is 10.1. The van der Waals surface area contributed by atoms with Crippen LogP contribution in [0.3, 0.4) is 0 Å². The number of nitrogens with one attached hydrogen (secondary N) is 1. The molecule has 1 atom stereocenters. The molecule has 1 rings (SSSR count). The van der Waals surface area contributed by atoms with Crippen molar-refractivity contribution in [3.8, 4) is 5.75 Å². The molecule has 0 spiro atoms. The number of ether oxygens (including phenoxy) is 1. The van der Waals surface area contributed by atoms with Gasteiger partial charge in [-0.05, 0) is 18.1 Å². The van der Waals surface area contributed by atoms with Crippen LogP contribution in [-0.2, 0) is 10.0 Å². The minimum absolute atomic E-state index is 0.236. The summed E-state index contributed by atoms with van der Waals surface area (Å²) in [7, 11) is -4.25. The van der Waals surface area contributed by atoms with Gasteiger partial charge in [-0.1, -0.05) is 26.0 Å². The zero-order chi connectivity index (χ0) is 16.3. The van der Waals surface area contributed by atoms with Crippen LogP contribution in [0.25, 0.3) is 0 Å². The first-order valence-electron chi connectivity index (χ1n) is 6.05. The van der Waals surface area contributed by atoms with Crippen LogP contribution in [0.2, 0.25) is 0 Å². The van der Waals surface area contributed by atoms with E-state index in [4.69, 9.17) is 5.11 Å². The molecule has 0 aliphatic carbocycles. The molecule has 1 aromatic rings. The summed E-state index contributed by atoms with van der Waals surface area (Å²) in [6.07, 6.45) is -5.00. The normalized spacial score (nSPS) is 14.2. The second-order valence-corrected chi connectivity index (χ2v) is 6.33. The summed E-state index contributed by atoms with van der Waals surface area (Å²) in [6, 6.07) is 3.60. The SMILES string of the molecule is CC(C)[C@@H](CO)NS(=O)(=O)c1ccccc1OC(F)(F)F. The molecule has 0 unspecified atom stereocenters. The highest BCUT2D eigenvalue weighted by atomic mass is 32.2. The first-order chi connectivity index (χ1) is 9.57. The van der Waals surface area contributed by atoms with Crippen LogP contribution < -0.4 is 9.46 Å². The topological polar surface area (TPSA) is 75.6 Å². The Labute approximate surface area is 120 Å². The monoisotopic (exact) mass is 327 g/mol. The van der Waals surface area contributed by atoms with Crippen LogP contribution in [0, 0.1) is 5.92 Å². The van der Waals surface area contributed by atoms with Crippen LogP contribution in [-0.4, -0.2) is 32.5 Å². The number of aliphatic hydroxyl groups excluding tert-OH is 1. The van der Waals surface area contributed by atoms with Crippen LogP contribution in [0.1, 0.15) is 13.8 Å². The summed E-state index contributed by atoms with van der Waals surface area (Å²) in [5, 5.41) is 9.12. The van der Waals surface area contributed by atoms with Gasteiger partial charge in [0.05, 0.1) is 6.61 Å². The van der Waals surface area contributed by atoms with Crippen molar-refractivity contribution < 1.29 is 31.4 Å². The fraction of sp³-hybridized carbons (Fsp3) is 0.500. The smallest absolute Gasteiger partial charge is 0.404 e. The fourth-order valence-electron chi connectivity index (χ4n) is 1.53. The van der Waals surface area contributed by atoms with Gasteiger partial charge in [-0.3, -0.25) is 0 Å². The standard InChI is InChI=1S/C12H16F3NO4S/c1-8(2)9(7-17)16-21(18,19)11-6-4-3-5-10(11)20-12(13,14)15/h3-6,8-9,16-17H,7H2,1-2H3/t9-/m1/s1. The summed E-state index contributed by atoms with van der Waals surface area (Å²) < 4.78 is 67.0. The third-order valence-corrected chi connectivity index (χ3v) is 4.20. The Morgan fingerprint density at radius 2 is 1.86 bits per heavy atom. The van der Waals surface area contributed by atoms with Crippen molar-refractivity contribution in [2.24, 2.45) is 5.92 Å². The van der Waals surface area contributed by atoms with Gasteiger partial charge >= 0.3 is 6.36 Å². The van der Waals surface area contributed by atoms with Gasteiger partial charge in [-0.15, -0.1) is 13.2 Å². The largest absolute Gasteiger partial charge is 0.573 e. The first kappa shape index (κ1) is 17.7. The number of rotatable bonds is 6. The highest BCUT2D eigenvalue weighted by Gasteiger charge is 2.34. The highest BCUT2D eigenvalue weighted by Crippen LogP contribution is 2.29. The molecule has 5 nitrogen and oxygen atoms in total. The Morgan fingerprint density at radius 3 is 2.33 bits per heavy atom. The number of aliphatic hydroxyl groups is 1. The van der Waals surface area contributed by atoms with Gasteiger partial charge in [0.1, 0.15) is 10.6 Å². The first-order valence-corrected chi connectivity index (χ1v) is 7.53. The number of alkyl halides is 3. The van der Waals surface area contributed by atoms with Crippen LogP contribution in [0.5, 0.6) is 5.75 Å². The van der Waals surface area contributed by atoms with Gasteiger partial charge in [0.25, 0.3) is 0 Å². The molecule has 9 heteroatoms. The van der Waals surface area contributed by atoms with E-state index in [0.717, 1.165) is 12.1 Å². The lowest BCUT2D eigenvalue weighted by Gasteiger charge is -2.21. The Bertz CT molecular complexity index is 572. The molecule has 0 fully saturated rings. The van der Waals surface area contributed by atoms with E-state index >= 15 is 0 Å². The minimum atomic E-state index is -5.00. The Morgan fingerprint density at radius 1 is 1.29 bits per heavy atom. The third kappa shape index (κ3) is 5.18. The van der Waals surface area contributed by atoms with Gasteiger partial charge in [-0.2, -0.15) is 0 Å². The molecular formula is C12H16F3NO4S. The van der Waals surface area contributed by atoms with E-state index in [0.29, 0.717) is 0 Å². The number of halogens is 3. The van der Waals surface area contributed by atoms with Crippen molar-refractivity contribution in [2.75, 3.05) is 6.61 Å². The molecule has 0 saturated heterocycles. The third-order valence-electron chi connectivity index (χ3n) is 2.67. The molecule has 1 aromatic carbocycles. The van der Waals surface area contributed by atoms with Crippen LogP contribution in [0.15, 0.2) is 29.2 Å². The second kappa shape index (κ2) is 6.63. The summed E-state index contributed by atoms with van der Waals surface area (Å²) in [4.78, 5) is -0.638. The highest BCUT2D eigenvalue weighted by molar-refractivity contribution is 7.89. The summed E-state index contributed by atoms with van der Waals surface area (Å²) in [5.41, 5.74) is 0. The summed E-state index contributed by atoms with van der Waals surface area (Å²) >= 11 is 0. The molecular weight excluding hydrogens is 311 g/mol. The fourth-order valence-corrected chi connectivity index (χ4v) is 3.03. The molecule has 0 heterocycles. The molecule has 0 bridgehead atoms. The average molecular weight is 327 g/mol. The average Bonchev–Trinajstić information content (AvgIpc) is 2.34. The van der Waals surface area contributed by atoms with Crippen molar-refractivity contribution >= 4 is 10.0 Å². The molecule has 0 amide bonds. The quantitative estimate of drug-likeness (QED) is 0.836. The maximum absolute atomic E-state index is 12.3. The van der Waals surface area contributed by atoms with E-state index in [2.05, 4.69) is 9.46 Å². The lowest BCUT2D eigenvalue weighted by molar-refractivity contribution is -0.275. The van der Waals surface area contributed by atoms with E-state index in [1.165, 1.54) is 12.1 Å². The van der Waals surface area contributed by atoms with Gasteiger partial charge < -0.3 is 9.84 Å². The van der Waals surface area contributed by atoms with Gasteiger partial charge in [0.15, 0.2) is 0 Å². The van der Waals surface area contributed by atoms with Crippen LogP contribution >= 0.6 is 0 Å². The zero-order valence-corrected chi connectivity index (χ0v) is 12.2. The summed E-state index contributed by atoms with van der Waals surface area (Å²) in [5.74, 6) is -1.06. The van der Waals surface area contributed by atoms with Crippen molar-refractivity contribution in [1.82, 2.24) is 4.72 Å². The number of benzene rings is 1. The van der Waals surface area contributed by atoms with E-state index in [-0.39, 0.29) is 5.92 Å².